The van der Waals surface area contributed by atoms with Gasteiger partial charge in [-0.3, -0.25) is 4.79 Å². The maximum atomic E-state index is 11.8. The van der Waals surface area contributed by atoms with E-state index < -0.39 is 29.0 Å². The number of hydrogen-bond acceptors (Lipinski definition) is 4. The second-order valence-electron chi connectivity index (χ2n) is 5.30. The monoisotopic (exact) mass is 273 g/mol. The fraction of sp³-hybridized carbons (Fsp3) is 0.727. The number of aliphatic carboxylic acids is 1. The second kappa shape index (κ2) is 5.43. The molecule has 1 aliphatic rings. The zero-order valence-electron chi connectivity index (χ0n) is 11.0. The number of carboxylic acids is 1. The van der Waals surface area contributed by atoms with Crippen LogP contribution in [0.2, 0.25) is 0 Å². The number of nitrogens with two attached hydrogens (primary N) is 1. The van der Waals surface area contributed by atoms with Gasteiger partial charge in [-0.15, -0.1) is 0 Å². The van der Waals surface area contributed by atoms with Crippen LogP contribution in [0.15, 0.2) is 0 Å². The average Bonchev–Trinajstić information content (AvgIpc) is 2.63. The van der Waals surface area contributed by atoms with Crippen LogP contribution in [0.3, 0.4) is 0 Å². The Morgan fingerprint density at radius 2 is 2.05 bits per heavy atom. The van der Waals surface area contributed by atoms with Gasteiger partial charge in [-0.05, 0) is 13.8 Å². The Bertz CT molecular complexity index is 388. The summed E-state index contributed by atoms with van der Waals surface area (Å²) in [6.07, 6.45) is 0.156. The van der Waals surface area contributed by atoms with Crippen molar-refractivity contribution in [2.75, 3.05) is 13.2 Å². The number of carboxylic acid groups (broad SMARTS) is 1. The molecule has 0 aliphatic carbocycles. The first kappa shape index (κ1) is 15.2. The van der Waals surface area contributed by atoms with Crippen molar-refractivity contribution in [1.82, 2.24) is 10.6 Å². The first-order chi connectivity index (χ1) is 8.67. The summed E-state index contributed by atoms with van der Waals surface area (Å²) in [7, 11) is 0. The Balaban J connectivity index is 2.64. The number of amides is 3. The number of nitrogens with one attached hydrogen (secondary N) is 2. The lowest BCUT2D eigenvalue weighted by Crippen LogP contribution is -2.60. The number of rotatable bonds is 5. The molecule has 8 heteroatoms. The molecular weight excluding hydrogens is 254 g/mol. The summed E-state index contributed by atoms with van der Waals surface area (Å²) in [6.45, 7) is 3.44. The third-order valence-electron chi connectivity index (χ3n) is 2.85. The molecule has 19 heavy (non-hydrogen) atoms. The third kappa shape index (κ3) is 4.09. The van der Waals surface area contributed by atoms with Crippen LogP contribution >= 0.6 is 0 Å². The van der Waals surface area contributed by atoms with Crippen molar-refractivity contribution in [2.24, 2.45) is 5.73 Å². The van der Waals surface area contributed by atoms with Crippen molar-refractivity contribution in [1.29, 1.82) is 0 Å². The normalized spacial score (nSPS) is 22.8. The van der Waals surface area contributed by atoms with Crippen molar-refractivity contribution in [3.8, 4) is 0 Å². The Kier molecular flexibility index (Phi) is 4.35. The van der Waals surface area contributed by atoms with Crippen LogP contribution in [0.1, 0.15) is 26.7 Å². The van der Waals surface area contributed by atoms with Crippen LogP contribution < -0.4 is 16.4 Å². The maximum absolute atomic E-state index is 11.8. The standard InChI is InChI=1S/C11H19N3O5/c1-10(2,5-7(12)15)13-9(18)14-11(8(16)17)3-4-19-6-11/h3-6H2,1-2H3,(H2,12,15)(H,16,17)(H2,13,14,18). The SMILES string of the molecule is CC(C)(CC(N)=O)NC(=O)NC1(C(=O)O)CCOC1. The summed E-state index contributed by atoms with van der Waals surface area (Å²) in [4.78, 5) is 33.9. The smallest absolute Gasteiger partial charge is 0.332 e. The van der Waals surface area contributed by atoms with E-state index in [4.69, 9.17) is 15.6 Å². The molecule has 0 bridgehead atoms. The van der Waals surface area contributed by atoms with Gasteiger partial charge in [0.05, 0.1) is 6.61 Å². The Labute approximate surface area is 110 Å². The Morgan fingerprint density at radius 1 is 1.42 bits per heavy atom. The lowest BCUT2D eigenvalue weighted by Gasteiger charge is -2.29. The summed E-state index contributed by atoms with van der Waals surface area (Å²) in [5, 5.41) is 14.1. The number of primary amides is 1. The molecule has 1 rings (SSSR count). The summed E-state index contributed by atoms with van der Waals surface area (Å²) in [5.74, 6) is -1.70. The fourth-order valence-electron chi connectivity index (χ4n) is 1.92. The molecular formula is C11H19N3O5. The Hall–Kier alpha value is -1.83. The maximum Gasteiger partial charge on any atom is 0.332 e. The van der Waals surface area contributed by atoms with Gasteiger partial charge in [0.1, 0.15) is 0 Å². The van der Waals surface area contributed by atoms with Gasteiger partial charge in [-0.2, -0.15) is 0 Å². The van der Waals surface area contributed by atoms with Crippen LogP contribution in [0.25, 0.3) is 0 Å². The van der Waals surface area contributed by atoms with Crippen molar-refractivity contribution < 1.29 is 24.2 Å². The van der Waals surface area contributed by atoms with E-state index in [1.54, 1.807) is 13.8 Å². The third-order valence-corrected chi connectivity index (χ3v) is 2.85. The largest absolute Gasteiger partial charge is 0.479 e. The number of urea groups is 1. The number of carbonyl (C=O) groups excluding carboxylic acids is 2. The molecule has 1 atom stereocenters. The molecule has 1 saturated heterocycles. The Morgan fingerprint density at radius 3 is 2.47 bits per heavy atom. The van der Waals surface area contributed by atoms with Gasteiger partial charge in [0.15, 0.2) is 5.54 Å². The van der Waals surface area contributed by atoms with E-state index in [1.807, 2.05) is 0 Å². The van der Waals surface area contributed by atoms with E-state index in [2.05, 4.69) is 10.6 Å². The van der Waals surface area contributed by atoms with E-state index in [9.17, 15) is 14.4 Å². The van der Waals surface area contributed by atoms with Gasteiger partial charge in [0.2, 0.25) is 5.91 Å². The van der Waals surface area contributed by atoms with Crippen LogP contribution in [0.5, 0.6) is 0 Å². The highest BCUT2D eigenvalue weighted by molar-refractivity contribution is 5.87. The molecule has 0 aromatic heterocycles. The summed E-state index contributed by atoms with van der Waals surface area (Å²) in [6, 6.07) is -0.667. The molecule has 1 heterocycles. The molecule has 0 spiro atoms. The van der Waals surface area contributed by atoms with Crippen molar-refractivity contribution in [2.45, 2.75) is 37.8 Å². The highest BCUT2D eigenvalue weighted by Gasteiger charge is 2.44. The molecule has 1 fully saturated rings. The van der Waals surface area contributed by atoms with Gasteiger partial charge in [0, 0.05) is 25.0 Å². The summed E-state index contributed by atoms with van der Waals surface area (Å²) >= 11 is 0. The second-order valence-corrected chi connectivity index (χ2v) is 5.30. The average molecular weight is 273 g/mol. The molecule has 108 valence electrons. The van der Waals surface area contributed by atoms with E-state index in [0.717, 1.165) is 0 Å². The highest BCUT2D eigenvalue weighted by Crippen LogP contribution is 2.19. The molecule has 8 nitrogen and oxygen atoms in total. The highest BCUT2D eigenvalue weighted by atomic mass is 16.5. The summed E-state index contributed by atoms with van der Waals surface area (Å²) < 4.78 is 5.02. The van der Waals surface area contributed by atoms with Crippen molar-refractivity contribution >= 4 is 17.9 Å². The van der Waals surface area contributed by atoms with E-state index in [-0.39, 0.29) is 26.1 Å². The molecule has 0 saturated carbocycles. The predicted octanol–water partition coefficient (Wildman–Crippen LogP) is -0.817. The minimum absolute atomic E-state index is 0.0447. The van der Waals surface area contributed by atoms with Crippen molar-refractivity contribution in [3.63, 3.8) is 0 Å². The zero-order valence-corrected chi connectivity index (χ0v) is 11.0. The van der Waals surface area contributed by atoms with E-state index in [1.165, 1.54) is 0 Å². The first-order valence-corrected chi connectivity index (χ1v) is 5.87. The number of carbonyl (C=O) groups is 3. The lowest BCUT2D eigenvalue weighted by molar-refractivity contribution is -0.144. The van der Waals surface area contributed by atoms with Crippen LogP contribution in [-0.4, -0.2) is 47.3 Å². The molecule has 3 amide bonds. The van der Waals surface area contributed by atoms with Gasteiger partial charge < -0.3 is 26.2 Å². The van der Waals surface area contributed by atoms with Gasteiger partial charge in [-0.1, -0.05) is 0 Å². The molecule has 1 unspecified atom stereocenters. The minimum atomic E-state index is -1.41. The summed E-state index contributed by atoms with van der Waals surface area (Å²) in [5.41, 5.74) is 2.81. The number of hydrogen-bond donors (Lipinski definition) is 4. The van der Waals surface area contributed by atoms with Crippen LogP contribution in [-0.2, 0) is 14.3 Å². The molecule has 5 N–H and O–H groups in total. The van der Waals surface area contributed by atoms with Gasteiger partial charge >= 0.3 is 12.0 Å². The molecule has 0 aromatic rings. The van der Waals surface area contributed by atoms with E-state index in [0.29, 0.717) is 0 Å². The van der Waals surface area contributed by atoms with Crippen LogP contribution in [0.4, 0.5) is 4.79 Å². The topological polar surface area (TPSA) is 131 Å². The quantitative estimate of drug-likeness (QED) is 0.520. The molecule has 0 aromatic carbocycles. The van der Waals surface area contributed by atoms with Gasteiger partial charge in [-0.25, -0.2) is 9.59 Å². The minimum Gasteiger partial charge on any atom is -0.479 e. The first-order valence-electron chi connectivity index (χ1n) is 5.87. The lowest BCUT2D eigenvalue weighted by atomic mass is 9.98. The van der Waals surface area contributed by atoms with Gasteiger partial charge in [0.25, 0.3) is 0 Å². The van der Waals surface area contributed by atoms with Crippen LogP contribution in [0, 0.1) is 0 Å². The molecule has 1 aliphatic heterocycles. The zero-order chi connectivity index (χ0) is 14.7. The van der Waals surface area contributed by atoms with Crippen molar-refractivity contribution in [3.05, 3.63) is 0 Å². The predicted molar refractivity (Wildman–Crippen MR) is 65.4 cm³/mol. The molecule has 0 radical (unpaired) electrons. The number of ether oxygens (including phenoxy) is 1. The fourth-order valence-corrected chi connectivity index (χ4v) is 1.92. The van der Waals surface area contributed by atoms with E-state index >= 15 is 0 Å².